The highest BCUT2D eigenvalue weighted by molar-refractivity contribution is 7.89. The summed E-state index contributed by atoms with van der Waals surface area (Å²) < 4.78 is 38.7. The Morgan fingerprint density at radius 2 is 1.86 bits per heavy atom. The number of likely N-dealkylation sites (tertiary alicyclic amines) is 1. The summed E-state index contributed by atoms with van der Waals surface area (Å²) in [4.78, 5) is 16.9. The predicted molar refractivity (Wildman–Crippen MR) is 146 cm³/mol. The van der Waals surface area contributed by atoms with E-state index in [-0.39, 0.29) is 25.8 Å². The molecule has 1 aromatic rings. The second-order valence-corrected chi connectivity index (χ2v) is 13.2. The summed E-state index contributed by atoms with van der Waals surface area (Å²) in [5.41, 5.74) is 1.70. The van der Waals surface area contributed by atoms with Crippen molar-refractivity contribution in [3.63, 3.8) is 0 Å². The van der Waals surface area contributed by atoms with Crippen LogP contribution in [0.15, 0.2) is 29.3 Å². The second kappa shape index (κ2) is 11.8. The number of benzene rings is 1. The van der Waals surface area contributed by atoms with Gasteiger partial charge in [0.1, 0.15) is 12.0 Å². The summed E-state index contributed by atoms with van der Waals surface area (Å²) in [5.74, 6) is 1.80. The molecule has 1 heterocycles. The smallest absolute Gasteiger partial charge is 0.243 e. The number of aryl methyl sites for hydroxylation is 2. The van der Waals surface area contributed by atoms with Gasteiger partial charge in [-0.05, 0) is 68.3 Å². The van der Waals surface area contributed by atoms with Crippen LogP contribution >= 0.6 is 0 Å². The van der Waals surface area contributed by atoms with Crippen molar-refractivity contribution in [3.8, 4) is 5.75 Å². The number of hydrogen-bond acceptors (Lipinski definition) is 7. The molecular formula is C28H45N3O5S. The number of likely N-dealkylation sites (N-methyl/N-ethyl adjacent to an activating group) is 2. The zero-order valence-electron chi connectivity index (χ0n) is 23.6. The summed E-state index contributed by atoms with van der Waals surface area (Å²) in [6.07, 6.45) is 3.14. The Morgan fingerprint density at radius 3 is 2.41 bits per heavy atom. The fraction of sp³-hybridized carbons (Fsp3) is 0.679. The van der Waals surface area contributed by atoms with Gasteiger partial charge in [-0.15, -0.1) is 0 Å². The molecule has 0 spiro atoms. The summed E-state index contributed by atoms with van der Waals surface area (Å²) >= 11 is 0. The molecule has 1 aromatic carbocycles. The molecule has 208 valence electrons. The zero-order chi connectivity index (χ0) is 27.5. The Hall–Kier alpha value is -1.94. The van der Waals surface area contributed by atoms with E-state index in [0.717, 1.165) is 50.4 Å². The van der Waals surface area contributed by atoms with Gasteiger partial charge in [-0.2, -0.15) is 4.31 Å². The lowest BCUT2D eigenvalue weighted by Gasteiger charge is -2.56. The van der Waals surface area contributed by atoms with E-state index < -0.39 is 15.4 Å². The van der Waals surface area contributed by atoms with Gasteiger partial charge in [0.2, 0.25) is 10.0 Å². The van der Waals surface area contributed by atoms with Crippen molar-refractivity contribution in [2.45, 2.75) is 51.5 Å². The minimum absolute atomic E-state index is 0.102. The van der Waals surface area contributed by atoms with Gasteiger partial charge in [-0.1, -0.05) is 20.4 Å². The van der Waals surface area contributed by atoms with Gasteiger partial charge in [0.05, 0.1) is 25.2 Å². The number of hydrogen-bond donors (Lipinski definition) is 0. The third kappa shape index (κ3) is 6.21. The lowest BCUT2D eigenvalue weighted by atomic mass is 9.56. The Bertz CT molecular complexity index is 1060. The largest absolute Gasteiger partial charge is 0.497 e. The molecule has 3 atom stereocenters. The molecule has 9 heteroatoms. The van der Waals surface area contributed by atoms with Gasteiger partial charge in [0, 0.05) is 50.9 Å². The molecule has 1 aliphatic carbocycles. The first-order valence-electron chi connectivity index (χ1n) is 13.1. The molecular weight excluding hydrogens is 490 g/mol. The first kappa shape index (κ1) is 29.6. The molecule has 1 aliphatic heterocycles. The van der Waals surface area contributed by atoms with Crippen molar-refractivity contribution in [3.05, 3.63) is 35.5 Å². The number of nitrogens with zero attached hydrogens (tertiary/aromatic N) is 3. The monoisotopic (exact) mass is 535 g/mol. The lowest BCUT2D eigenvalue weighted by molar-refractivity contribution is -0.135. The van der Waals surface area contributed by atoms with Crippen LogP contribution in [-0.4, -0.2) is 95.4 Å². The average molecular weight is 536 g/mol. The van der Waals surface area contributed by atoms with E-state index in [1.165, 1.54) is 4.31 Å². The minimum Gasteiger partial charge on any atom is -0.497 e. The van der Waals surface area contributed by atoms with Crippen molar-refractivity contribution in [1.82, 2.24) is 14.1 Å². The molecule has 1 unspecified atom stereocenters. The van der Waals surface area contributed by atoms with Gasteiger partial charge in [-0.25, -0.2) is 8.42 Å². The van der Waals surface area contributed by atoms with E-state index in [2.05, 4.69) is 30.2 Å². The van der Waals surface area contributed by atoms with E-state index in [9.17, 15) is 13.2 Å². The number of rotatable bonds is 14. The van der Waals surface area contributed by atoms with Crippen LogP contribution in [0.5, 0.6) is 5.75 Å². The van der Waals surface area contributed by atoms with Crippen LogP contribution in [0.25, 0.3) is 0 Å². The number of ether oxygens (including phenoxy) is 2. The highest BCUT2D eigenvalue weighted by Gasteiger charge is 2.53. The standard InChI is InChI=1S/C28H45N3O5S/c1-20-16-31(17-20)10-9-24-15-26(28(24,5)19-32)30(7)23(4)18-36-12-11-29(6)37(33,34)27-21(2)13-25(35-8)14-22(27)3/h13-14,19-20,24,26H,4,9-12,15-18H2,1-3,5-8H3/t24-,26+,28?/m0/s1. The second-order valence-electron chi connectivity index (χ2n) is 11.2. The normalized spacial score (nSPS) is 24.4. The number of sulfonamides is 1. The maximum atomic E-state index is 13.2. The SMILES string of the molecule is C=C(COCCN(C)S(=O)(=O)c1c(C)cc(OC)cc1C)N(C)[C@@H]1C[C@H](CCN2CC(C)C2)C1(C)C=O. The van der Waals surface area contributed by atoms with Crippen LogP contribution in [-0.2, 0) is 19.6 Å². The summed E-state index contributed by atoms with van der Waals surface area (Å²) in [6.45, 7) is 16.2. The van der Waals surface area contributed by atoms with E-state index in [0.29, 0.717) is 27.7 Å². The van der Waals surface area contributed by atoms with Crippen molar-refractivity contribution in [2.24, 2.45) is 17.3 Å². The Morgan fingerprint density at radius 1 is 1.24 bits per heavy atom. The topological polar surface area (TPSA) is 79.4 Å². The number of aldehydes is 1. The van der Waals surface area contributed by atoms with Crippen LogP contribution in [0.4, 0.5) is 0 Å². The quantitative estimate of drug-likeness (QED) is 0.267. The van der Waals surface area contributed by atoms with Crippen LogP contribution in [0.2, 0.25) is 0 Å². The van der Waals surface area contributed by atoms with Crippen LogP contribution in [0, 0.1) is 31.1 Å². The third-order valence-electron chi connectivity index (χ3n) is 8.42. The van der Waals surface area contributed by atoms with Gasteiger partial charge < -0.3 is 24.1 Å². The molecule has 37 heavy (non-hydrogen) atoms. The predicted octanol–water partition coefficient (Wildman–Crippen LogP) is 3.33. The number of methoxy groups -OCH3 is 1. The molecule has 2 fully saturated rings. The molecule has 0 N–H and O–H groups in total. The van der Waals surface area contributed by atoms with E-state index in [1.807, 2.05) is 7.05 Å². The Labute approximate surface area is 223 Å². The Kier molecular flexibility index (Phi) is 9.48. The van der Waals surface area contributed by atoms with E-state index in [1.54, 1.807) is 40.1 Å². The first-order chi connectivity index (χ1) is 17.3. The molecule has 1 saturated carbocycles. The number of carbonyl (C=O) groups excluding carboxylic acids is 1. The fourth-order valence-electron chi connectivity index (χ4n) is 5.83. The summed E-state index contributed by atoms with van der Waals surface area (Å²) in [7, 11) is 1.43. The van der Waals surface area contributed by atoms with Crippen LogP contribution in [0.3, 0.4) is 0 Å². The first-order valence-corrected chi connectivity index (χ1v) is 14.6. The zero-order valence-corrected chi connectivity index (χ0v) is 24.4. The maximum Gasteiger partial charge on any atom is 0.243 e. The molecule has 8 nitrogen and oxygen atoms in total. The van der Waals surface area contributed by atoms with Crippen molar-refractivity contribution < 1.29 is 22.7 Å². The van der Waals surface area contributed by atoms with E-state index >= 15 is 0 Å². The highest BCUT2D eigenvalue weighted by Crippen LogP contribution is 2.50. The summed E-state index contributed by atoms with van der Waals surface area (Å²) in [5, 5.41) is 0. The van der Waals surface area contributed by atoms with Crippen molar-refractivity contribution >= 4 is 16.3 Å². The van der Waals surface area contributed by atoms with E-state index in [4.69, 9.17) is 9.47 Å². The molecule has 1 saturated heterocycles. The van der Waals surface area contributed by atoms with Gasteiger partial charge in [0.25, 0.3) is 0 Å². The van der Waals surface area contributed by atoms with Crippen LogP contribution < -0.4 is 4.74 Å². The molecule has 2 aliphatic rings. The van der Waals surface area contributed by atoms with Gasteiger partial charge in [-0.3, -0.25) is 0 Å². The minimum atomic E-state index is -3.67. The number of carbonyl (C=O) groups is 1. The lowest BCUT2D eigenvalue weighted by Crippen LogP contribution is -2.60. The fourth-order valence-corrected chi connectivity index (χ4v) is 7.39. The summed E-state index contributed by atoms with van der Waals surface area (Å²) in [6, 6.07) is 3.56. The van der Waals surface area contributed by atoms with Gasteiger partial charge in [0.15, 0.2) is 0 Å². The average Bonchev–Trinajstić information content (AvgIpc) is 2.82. The third-order valence-corrected chi connectivity index (χ3v) is 10.6. The molecule has 0 amide bonds. The van der Waals surface area contributed by atoms with Crippen LogP contribution in [0.1, 0.15) is 37.8 Å². The molecule has 0 bridgehead atoms. The van der Waals surface area contributed by atoms with Crippen molar-refractivity contribution in [1.29, 1.82) is 0 Å². The molecule has 3 rings (SSSR count). The Balaban J connectivity index is 1.47. The van der Waals surface area contributed by atoms with Crippen molar-refractivity contribution in [2.75, 3.05) is 60.6 Å². The van der Waals surface area contributed by atoms with Gasteiger partial charge >= 0.3 is 0 Å². The highest BCUT2D eigenvalue weighted by atomic mass is 32.2. The molecule has 0 radical (unpaired) electrons. The molecule has 0 aromatic heterocycles. The maximum absolute atomic E-state index is 13.2.